The largest absolute Gasteiger partial charge is 0.303 e. The summed E-state index contributed by atoms with van der Waals surface area (Å²) in [5, 5.41) is 1.30. The number of carbonyl (C=O) groups excluding carboxylic acids is 1. The summed E-state index contributed by atoms with van der Waals surface area (Å²) in [6.45, 7) is 0. The monoisotopic (exact) mass is 278 g/mol. The summed E-state index contributed by atoms with van der Waals surface area (Å²) >= 11 is 12.0. The molecule has 3 heteroatoms. The highest BCUT2D eigenvalue weighted by Gasteiger charge is 2.14. The van der Waals surface area contributed by atoms with E-state index in [-0.39, 0.29) is 5.92 Å². The third kappa shape index (κ3) is 3.12. The molecule has 0 N–H and O–H groups in total. The van der Waals surface area contributed by atoms with Gasteiger partial charge < -0.3 is 4.79 Å². The van der Waals surface area contributed by atoms with Crippen LogP contribution in [0.15, 0.2) is 48.5 Å². The Hall–Kier alpha value is -1.31. The van der Waals surface area contributed by atoms with E-state index in [9.17, 15) is 4.79 Å². The van der Waals surface area contributed by atoms with Crippen molar-refractivity contribution in [3.63, 3.8) is 0 Å². The molecule has 0 spiro atoms. The fourth-order valence-corrected chi connectivity index (χ4v) is 2.41. The van der Waals surface area contributed by atoms with Gasteiger partial charge in [-0.15, -0.1) is 0 Å². The Bertz CT molecular complexity index is 552. The lowest BCUT2D eigenvalue weighted by Gasteiger charge is -2.12. The second-order valence-electron chi connectivity index (χ2n) is 4.10. The van der Waals surface area contributed by atoms with Crippen molar-refractivity contribution >= 4 is 29.5 Å². The standard InChI is InChI=1S/C15H12Cl2O/c16-13-5-3-4-11(9-13)8-12(10-18)14-6-1-2-7-15(14)17/h1-7,9-10,12H,8H2. The van der Waals surface area contributed by atoms with Crippen molar-refractivity contribution in [2.45, 2.75) is 12.3 Å². The maximum absolute atomic E-state index is 11.3. The van der Waals surface area contributed by atoms with Crippen molar-refractivity contribution in [2.75, 3.05) is 0 Å². The molecule has 1 atom stereocenters. The molecule has 0 aliphatic carbocycles. The Labute approximate surface area is 116 Å². The van der Waals surface area contributed by atoms with Gasteiger partial charge in [-0.2, -0.15) is 0 Å². The molecule has 0 aliphatic rings. The predicted octanol–water partition coefficient (Wildman–Crippen LogP) is 4.52. The third-order valence-electron chi connectivity index (χ3n) is 2.81. The van der Waals surface area contributed by atoms with Crippen LogP contribution in [0.3, 0.4) is 0 Å². The van der Waals surface area contributed by atoms with E-state index in [4.69, 9.17) is 23.2 Å². The first-order valence-electron chi connectivity index (χ1n) is 5.65. The van der Waals surface area contributed by atoms with Crippen molar-refractivity contribution in [1.82, 2.24) is 0 Å². The fourth-order valence-electron chi connectivity index (χ4n) is 1.93. The Morgan fingerprint density at radius 1 is 1.06 bits per heavy atom. The summed E-state index contributed by atoms with van der Waals surface area (Å²) in [6.07, 6.45) is 1.54. The van der Waals surface area contributed by atoms with Crippen LogP contribution in [0.25, 0.3) is 0 Å². The van der Waals surface area contributed by atoms with Gasteiger partial charge in [0, 0.05) is 16.0 Å². The maximum atomic E-state index is 11.3. The van der Waals surface area contributed by atoms with Crippen LogP contribution in [0.1, 0.15) is 17.0 Å². The Kier molecular flexibility index (Phi) is 4.40. The quantitative estimate of drug-likeness (QED) is 0.752. The fraction of sp³-hybridized carbons (Fsp3) is 0.133. The van der Waals surface area contributed by atoms with E-state index in [1.165, 1.54) is 0 Å². The minimum atomic E-state index is -0.239. The number of halogens is 2. The number of benzene rings is 2. The molecule has 0 saturated carbocycles. The summed E-state index contributed by atoms with van der Waals surface area (Å²) in [5.74, 6) is -0.239. The molecule has 0 amide bonds. The molecule has 0 heterocycles. The first-order valence-corrected chi connectivity index (χ1v) is 6.40. The van der Waals surface area contributed by atoms with Crippen LogP contribution in [-0.4, -0.2) is 6.29 Å². The molecule has 0 aliphatic heterocycles. The number of hydrogen-bond acceptors (Lipinski definition) is 1. The average molecular weight is 279 g/mol. The zero-order chi connectivity index (χ0) is 13.0. The Morgan fingerprint density at radius 3 is 2.50 bits per heavy atom. The highest BCUT2D eigenvalue weighted by molar-refractivity contribution is 6.31. The van der Waals surface area contributed by atoms with Crippen LogP contribution in [0.2, 0.25) is 10.0 Å². The SMILES string of the molecule is O=CC(Cc1cccc(Cl)c1)c1ccccc1Cl. The van der Waals surface area contributed by atoms with E-state index in [1.807, 2.05) is 42.5 Å². The van der Waals surface area contributed by atoms with Crippen molar-refractivity contribution in [2.24, 2.45) is 0 Å². The molecule has 1 nitrogen and oxygen atoms in total. The molecular weight excluding hydrogens is 267 g/mol. The lowest BCUT2D eigenvalue weighted by atomic mass is 9.93. The van der Waals surface area contributed by atoms with E-state index in [2.05, 4.69) is 0 Å². The predicted molar refractivity (Wildman–Crippen MR) is 75.4 cm³/mol. The van der Waals surface area contributed by atoms with Crippen molar-refractivity contribution in [1.29, 1.82) is 0 Å². The molecular formula is C15H12Cl2O. The first kappa shape index (κ1) is 13.1. The zero-order valence-electron chi connectivity index (χ0n) is 9.64. The van der Waals surface area contributed by atoms with E-state index < -0.39 is 0 Å². The van der Waals surface area contributed by atoms with E-state index in [1.54, 1.807) is 6.07 Å². The summed E-state index contributed by atoms with van der Waals surface area (Å²) in [7, 11) is 0. The third-order valence-corrected chi connectivity index (χ3v) is 3.39. The van der Waals surface area contributed by atoms with Crippen molar-refractivity contribution < 1.29 is 4.79 Å². The van der Waals surface area contributed by atoms with Crippen LogP contribution < -0.4 is 0 Å². The number of carbonyl (C=O) groups is 1. The van der Waals surface area contributed by atoms with Gasteiger partial charge in [-0.05, 0) is 35.7 Å². The Balaban J connectivity index is 2.25. The van der Waals surface area contributed by atoms with E-state index in [0.717, 1.165) is 17.4 Å². The summed E-state index contributed by atoms with van der Waals surface area (Å²) in [5.41, 5.74) is 1.88. The minimum absolute atomic E-state index is 0.239. The molecule has 0 fully saturated rings. The average Bonchev–Trinajstić information content (AvgIpc) is 2.37. The highest BCUT2D eigenvalue weighted by Crippen LogP contribution is 2.26. The number of hydrogen-bond donors (Lipinski definition) is 0. The second-order valence-corrected chi connectivity index (χ2v) is 4.94. The van der Waals surface area contributed by atoms with Crippen LogP contribution in [0.5, 0.6) is 0 Å². The highest BCUT2D eigenvalue weighted by atomic mass is 35.5. The van der Waals surface area contributed by atoms with Gasteiger partial charge in [-0.1, -0.05) is 53.5 Å². The van der Waals surface area contributed by atoms with Crippen molar-refractivity contribution in [3.8, 4) is 0 Å². The van der Waals surface area contributed by atoms with Gasteiger partial charge >= 0.3 is 0 Å². The van der Waals surface area contributed by atoms with Gasteiger partial charge in [0.2, 0.25) is 0 Å². The van der Waals surface area contributed by atoms with E-state index >= 15 is 0 Å². The van der Waals surface area contributed by atoms with Crippen LogP contribution >= 0.6 is 23.2 Å². The lowest BCUT2D eigenvalue weighted by Crippen LogP contribution is -2.05. The molecule has 2 aromatic rings. The topological polar surface area (TPSA) is 17.1 Å². The summed E-state index contributed by atoms with van der Waals surface area (Å²) in [6, 6.07) is 14.9. The van der Waals surface area contributed by atoms with Gasteiger partial charge in [0.05, 0.1) is 0 Å². The zero-order valence-corrected chi connectivity index (χ0v) is 11.2. The van der Waals surface area contributed by atoms with Gasteiger partial charge in [0.1, 0.15) is 6.29 Å². The molecule has 0 aromatic heterocycles. The van der Waals surface area contributed by atoms with Crippen LogP contribution in [-0.2, 0) is 11.2 Å². The van der Waals surface area contributed by atoms with Gasteiger partial charge in [-0.3, -0.25) is 0 Å². The van der Waals surface area contributed by atoms with Gasteiger partial charge in [0.25, 0.3) is 0 Å². The smallest absolute Gasteiger partial charge is 0.127 e. The maximum Gasteiger partial charge on any atom is 0.127 e. The normalized spacial score (nSPS) is 12.1. The van der Waals surface area contributed by atoms with Gasteiger partial charge in [0.15, 0.2) is 0 Å². The number of rotatable bonds is 4. The number of aldehydes is 1. The molecule has 18 heavy (non-hydrogen) atoms. The second kappa shape index (κ2) is 6.03. The van der Waals surface area contributed by atoms with Crippen LogP contribution in [0.4, 0.5) is 0 Å². The molecule has 0 saturated heterocycles. The molecule has 1 unspecified atom stereocenters. The first-order chi connectivity index (χ1) is 8.70. The summed E-state index contributed by atoms with van der Waals surface area (Å²) in [4.78, 5) is 11.3. The lowest BCUT2D eigenvalue weighted by molar-refractivity contribution is -0.109. The minimum Gasteiger partial charge on any atom is -0.303 e. The summed E-state index contributed by atoms with van der Waals surface area (Å²) < 4.78 is 0. The molecule has 2 rings (SSSR count). The van der Waals surface area contributed by atoms with Crippen LogP contribution in [0, 0.1) is 0 Å². The van der Waals surface area contributed by atoms with Crippen molar-refractivity contribution in [3.05, 3.63) is 69.7 Å². The molecule has 92 valence electrons. The molecule has 0 bridgehead atoms. The Morgan fingerprint density at radius 2 is 1.83 bits per heavy atom. The molecule has 0 radical (unpaired) electrons. The van der Waals surface area contributed by atoms with Gasteiger partial charge in [-0.25, -0.2) is 0 Å². The van der Waals surface area contributed by atoms with E-state index in [0.29, 0.717) is 16.5 Å². The molecule has 2 aromatic carbocycles.